The number of carbonyl (C=O) groups is 2. The van der Waals surface area contributed by atoms with E-state index in [1.54, 1.807) is 19.9 Å². The lowest BCUT2D eigenvalue weighted by Crippen LogP contribution is -2.63. The van der Waals surface area contributed by atoms with Crippen LogP contribution in [0, 0.1) is 5.82 Å². The topological polar surface area (TPSA) is 79.6 Å². The summed E-state index contributed by atoms with van der Waals surface area (Å²) >= 11 is 0. The third-order valence-electron chi connectivity index (χ3n) is 5.96. The summed E-state index contributed by atoms with van der Waals surface area (Å²) in [6.07, 6.45) is -3.39. The lowest BCUT2D eigenvalue weighted by atomic mass is 9.98. The van der Waals surface area contributed by atoms with E-state index in [4.69, 9.17) is 0 Å². The van der Waals surface area contributed by atoms with Gasteiger partial charge in [0.1, 0.15) is 17.1 Å². The Morgan fingerprint density at radius 2 is 1.91 bits per heavy atom. The highest BCUT2D eigenvalue weighted by atomic mass is 19.4. The van der Waals surface area contributed by atoms with Gasteiger partial charge in [-0.25, -0.2) is 13.9 Å². The first kappa shape index (κ1) is 23.7. The number of halogens is 4. The zero-order valence-corrected chi connectivity index (χ0v) is 19.0. The summed E-state index contributed by atoms with van der Waals surface area (Å²) < 4.78 is 54.4. The first-order valence-corrected chi connectivity index (χ1v) is 10.7. The number of rotatable bonds is 3. The molecular weight excluding hydrogens is 454 g/mol. The summed E-state index contributed by atoms with van der Waals surface area (Å²) in [6.45, 7) is 7.70. The van der Waals surface area contributed by atoms with Gasteiger partial charge in [0.25, 0.3) is 5.91 Å². The molecule has 0 unspecified atom stereocenters. The fourth-order valence-electron chi connectivity index (χ4n) is 3.97. The van der Waals surface area contributed by atoms with Crippen LogP contribution in [0.3, 0.4) is 0 Å². The molecule has 3 heterocycles. The Morgan fingerprint density at radius 1 is 1.21 bits per heavy atom. The van der Waals surface area contributed by atoms with Crippen LogP contribution in [0.2, 0.25) is 0 Å². The van der Waals surface area contributed by atoms with Gasteiger partial charge in [-0.15, -0.1) is 0 Å². The number of amides is 2. The lowest BCUT2D eigenvalue weighted by molar-refractivity contribution is -0.140. The second-order valence-electron chi connectivity index (χ2n) is 9.00. The number of nitrogens with one attached hydrogen (secondary N) is 1. The van der Waals surface area contributed by atoms with Gasteiger partial charge in [-0.2, -0.15) is 18.3 Å². The molecular formula is C23H23F4N5O2. The molecule has 2 amide bonds. The number of benzene rings is 1. The van der Waals surface area contributed by atoms with Crippen LogP contribution in [0.25, 0.3) is 16.9 Å². The Kier molecular flexibility index (Phi) is 5.61. The van der Waals surface area contributed by atoms with Crippen LogP contribution in [-0.2, 0) is 11.0 Å². The monoisotopic (exact) mass is 477 g/mol. The van der Waals surface area contributed by atoms with Gasteiger partial charge in [0.15, 0.2) is 5.65 Å². The molecule has 0 atom stereocenters. The van der Waals surface area contributed by atoms with Crippen molar-refractivity contribution in [1.82, 2.24) is 24.8 Å². The van der Waals surface area contributed by atoms with E-state index < -0.39 is 29.0 Å². The molecule has 1 aliphatic rings. The summed E-state index contributed by atoms with van der Waals surface area (Å²) in [5.74, 6) is -2.19. The van der Waals surface area contributed by atoms with E-state index in [1.807, 2.05) is 13.8 Å². The number of aromatic nitrogens is 3. The number of alkyl halides is 3. The Balaban J connectivity index is 1.79. The number of hydrogen-bond acceptors (Lipinski definition) is 4. The van der Waals surface area contributed by atoms with Gasteiger partial charge >= 0.3 is 6.18 Å². The number of hydrogen-bond donors (Lipinski definition) is 1. The molecule has 4 rings (SSSR count). The van der Waals surface area contributed by atoms with Gasteiger partial charge in [0.05, 0.1) is 17.5 Å². The summed E-state index contributed by atoms with van der Waals surface area (Å²) in [7, 11) is 0. The maximum atomic E-state index is 14.2. The van der Waals surface area contributed by atoms with Crippen molar-refractivity contribution in [3.05, 3.63) is 53.1 Å². The average Bonchev–Trinajstić information content (AvgIpc) is 3.17. The largest absolute Gasteiger partial charge is 0.419 e. The molecule has 1 aliphatic heterocycles. The maximum Gasteiger partial charge on any atom is 0.419 e. The van der Waals surface area contributed by atoms with Crippen molar-refractivity contribution in [1.29, 1.82) is 0 Å². The van der Waals surface area contributed by atoms with Crippen molar-refractivity contribution in [2.45, 2.75) is 45.3 Å². The minimum Gasteiger partial charge on any atom is -0.352 e. The Bertz CT molecular complexity index is 1300. The summed E-state index contributed by atoms with van der Waals surface area (Å²) in [6, 6.07) is 4.25. The molecule has 7 nitrogen and oxygen atoms in total. The van der Waals surface area contributed by atoms with Gasteiger partial charge in [-0.3, -0.25) is 9.59 Å². The highest BCUT2D eigenvalue weighted by molar-refractivity contribution is 5.99. The van der Waals surface area contributed by atoms with E-state index >= 15 is 0 Å². The first-order chi connectivity index (χ1) is 15.8. The molecule has 0 aliphatic carbocycles. The van der Waals surface area contributed by atoms with Crippen LogP contribution < -0.4 is 5.32 Å². The van der Waals surface area contributed by atoms with Gasteiger partial charge < -0.3 is 10.2 Å². The van der Waals surface area contributed by atoms with Crippen LogP contribution in [0.4, 0.5) is 17.6 Å². The third-order valence-corrected chi connectivity index (χ3v) is 5.96. The molecule has 3 aromatic rings. The molecule has 1 saturated heterocycles. The number of carbonyl (C=O) groups excluding carboxylic acids is 2. The predicted octanol–water partition coefficient (Wildman–Crippen LogP) is 4.03. The Labute approximate surface area is 192 Å². The summed E-state index contributed by atoms with van der Waals surface area (Å²) in [4.78, 5) is 31.4. The lowest BCUT2D eigenvalue weighted by Gasteiger charge is -2.40. The Morgan fingerprint density at radius 3 is 2.53 bits per heavy atom. The SMILES string of the molecule is CC(C)c1cc(-c2ccc(C(F)(F)F)c(F)c2)nn2cc(C(=O)N3CCNC(=O)C3(C)C)nc12. The van der Waals surface area contributed by atoms with Gasteiger partial charge in [-0.1, -0.05) is 19.9 Å². The maximum absolute atomic E-state index is 14.2. The van der Waals surface area contributed by atoms with E-state index in [-0.39, 0.29) is 28.8 Å². The summed E-state index contributed by atoms with van der Waals surface area (Å²) in [5.41, 5.74) is -0.878. The molecule has 0 spiro atoms. The van der Waals surface area contributed by atoms with Gasteiger partial charge in [0, 0.05) is 24.2 Å². The zero-order chi connectivity index (χ0) is 25.0. The number of fused-ring (bicyclic) bond motifs is 1. The van der Waals surface area contributed by atoms with E-state index in [2.05, 4.69) is 15.4 Å². The molecule has 0 bridgehead atoms. The molecule has 34 heavy (non-hydrogen) atoms. The van der Waals surface area contributed by atoms with Crippen molar-refractivity contribution < 1.29 is 27.2 Å². The second-order valence-corrected chi connectivity index (χ2v) is 9.00. The molecule has 180 valence electrons. The highest BCUT2D eigenvalue weighted by Gasteiger charge is 2.41. The minimum absolute atomic E-state index is 0.0768. The average molecular weight is 477 g/mol. The van der Waals surface area contributed by atoms with Crippen LogP contribution in [0.1, 0.15) is 55.2 Å². The van der Waals surface area contributed by atoms with Crippen LogP contribution in [0.5, 0.6) is 0 Å². The predicted molar refractivity (Wildman–Crippen MR) is 116 cm³/mol. The molecule has 2 aromatic heterocycles. The minimum atomic E-state index is -4.80. The van der Waals surface area contributed by atoms with Crippen molar-refractivity contribution in [3.8, 4) is 11.3 Å². The Hall–Kier alpha value is -3.50. The van der Waals surface area contributed by atoms with E-state index in [0.29, 0.717) is 30.4 Å². The third kappa shape index (κ3) is 3.99. The fraction of sp³-hybridized carbons (Fsp3) is 0.391. The van der Waals surface area contributed by atoms with Gasteiger partial charge in [-0.05, 0) is 38.0 Å². The highest BCUT2D eigenvalue weighted by Crippen LogP contribution is 2.34. The molecule has 1 aromatic carbocycles. The van der Waals surface area contributed by atoms with Crippen molar-refractivity contribution >= 4 is 17.5 Å². The molecule has 0 radical (unpaired) electrons. The standard InChI is InChI=1S/C23H23F4N5O2/c1-12(2)14-10-17(13-5-6-15(16(24)9-13)23(25,26)27)30-32-11-18(29-19(14)32)20(33)31-8-7-28-21(34)22(31,3)4/h5-6,9-12H,7-8H2,1-4H3,(H,28,34). The van der Waals surface area contributed by atoms with Gasteiger partial charge in [0.2, 0.25) is 5.91 Å². The van der Waals surface area contributed by atoms with E-state index in [0.717, 1.165) is 12.1 Å². The van der Waals surface area contributed by atoms with Crippen LogP contribution >= 0.6 is 0 Å². The van der Waals surface area contributed by atoms with Crippen molar-refractivity contribution in [2.75, 3.05) is 13.1 Å². The number of nitrogens with zero attached hydrogens (tertiary/aromatic N) is 4. The number of piperazine rings is 1. The molecule has 0 saturated carbocycles. The normalized spacial score (nSPS) is 16.3. The fourth-order valence-corrected chi connectivity index (χ4v) is 3.97. The van der Waals surface area contributed by atoms with E-state index in [1.165, 1.54) is 15.6 Å². The van der Waals surface area contributed by atoms with Crippen LogP contribution in [0.15, 0.2) is 30.5 Å². The smallest absolute Gasteiger partial charge is 0.352 e. The van der Waals surface area contributed by atoms with E-state index in [9.17, 15) is 27.2 Å². The quantitative estimate of drug-likeness (QED) is 0.578. The molecule has 1 N–H and O–H groups in total. The summed E-state index contributed by atoms with van der Waals surface area (Å²) in [5, 5.41) is 7.11. The second kappa shape index (κ2) is 8.07. The first-order valence-electron chi connectivity index (χ1n) is 10.7. The van der Waals surface area contributed by atoms with Crippen LogP contribution in [-0.4, -0.2) is 49.9 Å². The molecule has 11 heteroatoms. The zero-order valence-electron chi connectivity index (χ0n) is 19.0. The number of imidazole rings is 1. The van der Waals surface area contributed by atoms with Crippen molar-refractivity contribution in [3.63, 3.8) is 0 Å². The molecule has 1 fully saturated rings. The van der Waals surface area contributed by atoms with Crippen molar-refractivity contribution in [2.24, 2.45) is 0 Å².